The Morgan fingerprint density at radius 3 is 2.28 bits per heavy atom. The lowest BCUT2D eigenvalue weighted by Gasteiger charge is -2.12. The van der Waals surface area contributed by atoms with Gasteiger partial charge in [-0.3, -0.25) is 0 Å². The largest absolute Gasteiger partial charge is 0.182 e. The van der Waals surface area contributed by atoms with Gasteiger partial charge >= 0.3 is 0 Å². The Morgan fingerprint density at radius 1 is 0.960 bits per heavy atom. The van der Waals surface area contributed by atoms with E-state index in [9.17, 15) is 14.0 Å². The van der Waals surface area contributed by atoms with Crippen LogP contribution in [0.15, 0.2) is 66.7 Å². The Labute approximate surface area is 154 Å². The van der Waals surface area contributed by atoms with Crippen LogP contribution in [0, 0.1) is 17.2 Å². The van der Waals surface area contributed by atoms with Crippen molar-refractivity contribution in [2.75, 3.05) is 0 Å². The van der Waals surface area contributed by atoms with Gasteiger partial charge in [0.05, 0.1) is 15.1 Å². The first-order valence-corrected chi connectivity index (χ1v) is 11.0. The van der Waals surface area contributed by atoms with Gasteiger partial charge in [0, 0.05) is 4.91 Å². The fourth-order valence-electron chi connectivity index (χ4n) is 2.14. The van der Waals surface area contributed by atoms with Crippen molar-refractivity contribution in [3.05, 3.63) is 83.4 Å². The molecule has 0 bridgehead atoms. The van der Waals surface area contributed by atoms with Crippen molar-refractivity contribution in [2.45, 2.75) is 6.92 Å². The van der Waals surface area contributed by atoms with Crippen LogP contribution in [-0.4, -0.2) is 4.86 Å². The molecule has 1 heterocycles. The summed E-state index contributed by atoms with van der Waals surface area (Å²) in [4.78, 5) is 1.52. The van der Waals surface area contributed by atoms with Gasteiger partial charge in [0.1, 0.15) is 3.74 Å². The molecule has 25 heavy (non-hydrogen) atoms. The van der Waals surface area contributed by atoms with Crippen LogP contribution >= 0.6 is 20.6 Å². The van der Waals surface area contributed by atoms with Crippen molar-refractivity contribution in [3.8, 4) is 0 Å². The molecule has 1 atom stereocenters. The predicted octanol–water partition coefficient (Wildman–Crippen LogP) is 1.98. The first-order chi connectivity index (χ1) is 11.9. The molecule has 0 aliphatic carbocycles. The summed E-state index contributed by atoms with van der Waals surface area (Å²) in [5.74, 6) is 0. The zero-order valence-electron chi connectivity index (χ0n) is 13.3. The molecule has 2 aromatic carbocycles. The minimum absolute atomic E-state index is 0.649. The topological polar surface area (TPSA) is 78.4 Å². The standard InChI is InChI=1S/C18H15ClO4S2/c1-14-7-9-15(10-8-14)11-12-17-13-18(16-5-3-2-4-6-16)24-25(17)23-19(20,21)22/h2-13H,1H3/b12-11+. The van der Waals surface area contributed by atoms with Crippen LogP contribution in [0.1, 0.15) is 16.7 Å². The van der Waals surface area contributed by atoms with E-state index in [1.54, 1.807) is 6.08 Å². The number of rotatable bonds is 5. The molecule has 0 saturated heterocycles. The molecule has 0 aromatic heterocycles. The molecule has 0 spiro atoms. The molecule has 1 unspecified atom stereocenters. The highest BCUT2D eigenvalue weighted by molar-refractivity contribution is 8.85. The molecule has 0 radical (unpaired) electrons. The summed E-state index contributed by atoms with van der Waals surface area (Å²) in [6.07, 6.45) is 5.52. The molecule has 2 aromatic rings. The van der Waals surface area contributed by atoms with Crippen LogP contribution in [0.2, 0.25) is 0 Å². The van der Waals surface area contributed by atoms with Gasteiger partial charge in [-0.15, -0.1) is 0 Å². The van der Waals surface area contributed by atoms with E-state index in [1.807, 2.05) is 73.7 Å². The second kappa shape index (κ2) is 7.88. The molecule has 0 saturated carbocycles. The average molecular weight is 395 g/mol. The highest BCUT2D eigenvalue weighted by Gasteiger charge is 2.30. The van der Waals surface area contributed by atoms with Crippen molar-refractivity contribution in [1.82, 2.24) is 0 Å². The molecule has 1 aliphatic rings. The van der Waals surface area contributed by atoms with Gasteiger partial charge in [-0.25, -0.2) is 0 Å². The lowest BCUT2D eigenvalue weighted by molar-refractivity contribution is -1.91. The maximum absolute atomic E-state index is 11.0. The van der Waals surface area contributed by atoms with Crippen LogP contribution in [0.4, 0.5) is 0 Å². The SMILES string of the molecule is Cc1ccc(/C=C/C2=S(O[Cl+3]([O-])([O-])[O-])SC(c3ccccc3)=C2)cc1. The van der Waals surface area contributed by atoms with Crippen molar-refractivity contribution >= 4 is 36.4 Å². The van der Waals surface area contributed by atoms with E-state index in [0.717, 1.165) is 21.6 Å². The van der Waals surface area contributed by atoms with Crippen molar-refractivity contribution < 1.29 is 28.0 Å². The molecule has 0 amide bonds. The lowest BCUT2D eigenvalue weighted by atomic mass is 10.1. The van der Waals surface area contributed by atoms with Crippen molar-refractivity contribution in [2.24, 2.45) is 0 Å². The summed E-state index contributed by atoms with van der Waals surface area (Å²) >= 11 is 0. The van der Waals surface area contributed by atoms with Crippen LogP contribution in [0.3, 0.4) is 0 Å². The van der Waals surface area contributed by atoms with E-state index in [-0.39, 0.29) is 0 Å². The first-order valence-electron chi connectivity index (χ1n) is 7.33. The summed E-state index contributed by atoms with van der Waals surface area (Å²) in [6, 6.07) is 17.5. The fraction of sp³-hybridized carbons (Fsp3) is 0.0556. The quantitative estimate of drug-likeness (QED) is 0.440. The van der Waals surface area contributed by atoms with E-state index in [4.69, 9.17) is 3.74 Å². The van der Waals surface area contributed by atoms with Gasteiger partial charge in [0.25, 0.3) is 0 Å². The van der Waals surface area contributed by atoms with E-state index >= 15 is 0 Å². The summed E-state index contributed by atoms with van der Waals surface area (Å²) in [7, 11) is -4.47. The molecule has 7 heteroatoms. The number of benzene rings is 2. The number of hydrogen-bond acceptors (Lipinski definition) is 5. The average Bonchev–Trinajstić information content (AvgIpc) is 2.96. The Hall–Kier alpha value is -1.38. The first kappa shape index (κ1) is 18.4. The minimum Gasteiger partial charge on any atom is -0.182 e. The Bertz CT molecular complexity index is 838. The van der Waals surface area contributed by atoms with Gasteiger partial charge in [-0.2, -0.15) is 14.0 Å². The summed E-state index contributed by atoms with van der Waals surface area (Å²) in [5, 5.41) is 0. The summed E-state index contributed by atoms with van der Waals surface area (Å²) in [6.45, 7) is 2.01. The zero-order chi connectivity index (χ0) is 17.9. The molecule has 0 fully saturated rings. The van der Waals surface area contributed by atoms with E-state index in [0.29, 0.717) is 4.86 Å². The number of allylic oxidation sites excluding steroid dienone is 2. The maximum Gasteiger partial charge on any atom is 0.179 e. The Kier molecular flexibility index (Phi) is 5.81. The maximum atomic E-state index is 11.0. The highest BCUT2D eigenvalue weighted by atomic mass is 35.7. The molecule has 4 nitrogen and oxygen atoms in total. The third-order valence-electron chi connectivity index (χ3n) is 3.34. The molecule has 3 rings (SSSR count). The Morgan fingerprint density at radius 2 is 1.64 bits per heavy atom. The smallest absolute Gasteiger partial charge is 0.179 e. The van der Waals surface area contributed by atoms with Gasteiger partial charge < -0.3 is 0 Å². The predicted molar refractivity (Wildman–Crippen MR) is 95.9 cm³/mol. The van der Waals surface area contributed by atoms with E-state index in [2.05, 4.69) is 0 Å². The molecule has 0 N–H and O–H groups in total. The lowest BCUT2D eigenvalue weighted by Crippen LogP contribution is -2.60. The second-order valence-corrected chi connectivity index (χ2v) is 9.50. The highest BCUT2D eigenvalue weighted by Crippen LogP contribution is 2.50. The van der Waals surface area contributed by atoms with E-state index in [1.165, 1.54) is 10.8 Å². The van der Waals surface area contributed by atoms with Crippen LogP contribution < -0.4 is 14.0 Å². The number of halogens is 1. The van der Waals surface area contributed by atoms with Crippen LogP contribution in [-0.2, 0) is 3.74 Å². The third kappa shape index (κ3) is 5.29. The monoisotopic (exact) mass is 394 g/mol. The molecular weight excluding hydrogens is 380 g/mol. The van der Waals surface area contributed by atoms with Crippen LogP contribution in [0.25, 0.3) is 11.0 Å². The fourth-order valence-corrected chi connectivity index (χ4v) is 6.55. The normalized spacial score (nSPS) is 18.0. The number of aryl methyl sites for hydroxylation is 1. The van der Waals surface area contributed by atoms with Gasteiger partial charge in [0.15, 0.2) is 9.80 Å². The van der Waals surface area contributed by atoms with Crippen molar-refractivity contribution in [3.63, 3.8) is 0 Å². The Balaban J connectivity index is 1.89. The second-order valence-electron chi connectivity index (χ2n) is 5.28. The summed E-state index contributed by atoms with van der Waals surface area (Å²) in [5.41, 5.74) is 3.09. The van der Waals surface area contributed by atoms with Gasteiger partial charge in [-0.05, 0) is 41.0 Å². The minimum atomic E-state index is -4.49. The summed E-state index contributed by atoms with van der Waals surface area (Å²) < 4.78 is 37.8. The molecular formula is C18H15ClO4S2. The number of hydrogen-bond donors (Lipinski definition) is 0. The van der Waals surface area contributed by atoms with Gasteiger partial charge in [-0.1, -0.05) is 66.2 Å². The van der Waals surface area contributed by atoms with E-state index < -0.39 is 20.0 Å². The van der Waals surface area contributed by atoms with Crippen molar-refractivity contribution in [1.29, 1.82) is 0 Å². The molecule has 1 aliphatic heterocycles. The zero-order valence-corrected chi connectivity index (χ0v) is 15.6. The molecule has 130 valence electrons. The van der Waals surface area contributed by atoms with Gasteiger partial charge in [0.2, 0.25) is 0 Å². The van der Waals surface area contributed by atoms with Crippen LogP contribution in [0.5, 0.6) is 0 Å². The third-order valence-corrected chi connectivity index (χ3v) is 7.77.